The van der Waals surface area contributed by atoms with Crippen molar-refractivity contribution in [3.63, 3.8) is 0 Å². The molecule has 0 amide bonds. The Morgan fingerprint density at radius 1 is 0.508 bits per heavy atom. The smallest absolute Gasteiger partial charge is 0.304 e. The molecule has 3 heterocycles. The minimum absolute atomic E-state index is 0. The van der Waals surface area contributed by atoms with Crippen LogP contribution in [-0.2, 0) is 62.9 Å². The van der Waals surface area contributed by atoms with Crippen LogP contribution in [0.25, 0.3) is 44.9 Å². The Hall–Kier alpha value is -5.80. The number of aryl methyl sites for hydroxylation is 2. The van der Waals surface area contributed by atoms with Crippen LogP contribution in [0, 0.1) is 24.1 Å². The van der Waals surface area contributed by atoms with Crippen LogP contribution in [0.2, 0.25) is 0 Å². The van der Waals surface area contributed by atoms with Gasteiger partial charge in [-0.05, 0) is 116 Å². The summed E-state index contributed by atoms with van der Waals surface area (Å²) in [5.74, 6) is 0.427. The fourth-order valence-electron chi connectivity index (χ4n) is 8.25. The van der Waals surface area contributed by atoms with Crippen LogP contribution in [0.15, 0.2) is 164 Å². The first-order valence-electron chi connectivity index (χ1n) is 23.6. The summed E-state index contributed by atoms with van der Waals surface area (Å²) >= 11 is 0. The second-order valence-electron chi connectivity index (χ2n) is 18.0. The van der Waals surface area contributed by atoms with Crippen molar-refractivity contribution >= 4 is 0 Å². The minimum atomic E-state index is -2.52. The first-order chi connectivity index (χ1) is 31.5. The molecule has 3 nitrogen and oxygen atoms in total. The van der Waals surface area contributed by atoms with Crippen LogP contribution in [0.5, 0.6) is 0 Å². The summed E-state index contributed by atoms with van der Waals surface area (Å²) < 4.78 is 39.7. The first kappa shape index (κ1) is 40.0. The van der Waals surface area contributed by atoms with Crippen LogP contribution >= 0.6 is 0 Å². The molecule has 0 fully saturated rings. The molecule has 0 radical (unpaired) electrons. The van der Waals surface area contributed by atoms with Crippen LogP contribution in [0.1, 0.15) is 86.0 Å². The Bertz CT molecular complexity index is 2780. The molecule has 0 bridgehead atoms. The van der Waals surface area contributed by atoms with Gasteiger partial charge in [0.05, 0.1) is 0 Å². The maximum Gasteiger partial charge on any atom is 3.00 e. The molecule has 0 saturated heterocycles. The summed E-state index contributed by atoms with van der Waals surface area (Å²) in [6.07, 6.45) is 2.35. The van der Waals surface area contributed by atoms with E-state index in [1.165, 1.54) is 6.20 Å². The fourth-order valence-corrected chi connectivity index (χ4v) is 8.25. The number of nitrogens with zero attached hydrogens (tertiary/aromatic N) is 3. The van der Waals surface area contributed by atoms with Gasteiger partial charge in [-0.15, -0.1) is 108 Å². The van der Waals surface area contributed by atoms with E-state index >= 15 is 0 Å². The fraction of sp³-hybridized carbons (Fsp3) is 0.237. The molecule has 8 aromatic rings. The largest absolute Gasteiger partial charge is 3.00 e. The second-order valence-corrected chi connectivity index (χ2v) is 18.0. The normalized spacial score (nSPS) is 13.1. The van der Waals surface area contributed by atoms with Crippen LogP contribution in [0.4, 0.5) is 0 Å². The van der Waals surface area contributed by atoms with Crippen LogP contribution < -0.4 is 0 Å². The number of hydrogen-bond acceptors (Lipinski definition) is 3. The zero-order valence-electron chi connectivity index (χ0n) is 41.0. The average molecular weight is 1000 g/mol. The second kappa shape index (κ2) is 20.1. The molecule has 316 valence electrons. The van der Waals surface area contributed by atoms with Gasteiger partial charge in [-0.3, -0.25) is 0 Å². The Morgan fingerprint density at radius 3 is 1.49 bits per heavy atom. The van der Waals surface area contributed by atoms with E-state index in [9.17, 15) is 5.48 Å². The molecule has 8 rings (SSSR count). The van der Waals surface area contributed by atoms with E-state index in [0.717, 1.165) is 67.9 Å². The molecule has 3 aromatic heterocycles. The number of hydrogen-bond donors (Lipinski definition) is 0. The Morgan fingerprint density at radius 2 is 1.02 bits per heavy atom. The van der Waals surface area contributed by atoms with Gasteiger partial charge in [0.25, 0.3) is 0 Å². The predicted octanol–water partition coefficient (Wildman–Crippen LogP) is 14.0. The first-order valence-corrected chi connectivity index (χ1v) is 21.6. The third kappa shape index (κ3) is 11.4. The van der Waals surface area contributed by atoms with Crippen molar-refractivity contribution in [2.45, 2.75) is 84.4 Å². The van der Waals surface area contributed by atoms with Gasteiger partial charge in [0.2, 0.25) is 0 Å². The predicted molar refractivity (Wildman–Crippen MR) is 257 cm³/mol. The van der Waals surface area contributed by atoms with E-state index in [4.69, 9.17) is 15.0 Å². The van der Waals surface area contributed by atoms with E-state index in [1.54, 1.807) is 0 Å². The van der Waals surface area contributed by atoms with Crippen molar-refractivity contribution in [2.24, 2.45) is 5.92 Å². The molecule has 0 atom stereocenters. The third-order valence-electron chi connectivity index (χ3n) is 11.5. The molecule has 0 unspecified atom stereocenters. The third-order valence-corrected chi connectivity index (χ3v) is 11.5. The zero-order chi connectivity index (χ0) is 46.7. The number of benzene rings is 5. The van der Waals surface area contributed by atoms with E-state index in [0.29, 0.717) is 30.0 Å². The zero-order valence-corrected chi connectivity index (χ0v) is 39.4. The van der Waals surface area contributed by atoms with Crippen molar-refractivity contribution in [3.8, 4) is 44.9 Å². The Balaban J connectivity index is 0.00000666. The summed E-state index contributed by atoms with van der Waals surface area (Å²) in [5, 5.41) is 0. The van der Waals surface area contributed by atoms with Gasteiger partial charge in [0, 0.05) is 24.1 Å². The van der Waals surface area contributed by atoms with Crippen molar-refractivity contribution in [1.29, 1.82) is 0 Å². The van der Waals surface area contributed by atoms with Crippen molar-refractivity contribution < 1.29 is 25.6 Å². The summed E-state index contributed by atoms with van der Waals surface area (Å²) in [7, 11) is 0. The molecular weight excluding hydrogens is 943 g/mol. The van der Waals surface area contributed by atoms with Crippen molar-refractivity contribution in [1.82, 2.24) is 15.0 Å². The number of rotatable bonds is 15. The van der Waals surface area contributed by atoms with Gasteiger partial charge in [0.1, 0.15) is 0 Å². The molecule has 0 saturated carbocycles. The summed E-state index contributed by atoms with van der Waals surface area (Å²) in [5.41, 5.74) is 11.1. The van der Waals surface area contributed by atoms with Gasteiger partial charge in [-0.1, -0.05) is 114 Å². The molecule has 0 aliphatic carbocycles. The van der Waals surface area contributed by atoms with Crippen molar-refractivity contribution in [2.75, 3.05) is 0 Å². The molecular formula is C59H56IrN3. The van der Waals surface area contributed by atoms with E-state index in [2.05, 4.69) is 90.1 Å². The minimum Gasteiger partial charge on any atom is -0.304 e. The number of pyridine rings is 3. The maximum atomic E-state index is 9.95. The summed E-state index contributed by atoms with van der Waals surface area (Å²) in [6, 6.07) is 57.3. The monoisotopic (exact) mass is 1000 g/mol. The van der Waals surface area contributed by atoms with Gasteiger partial charge in [-0.25, -0.2) is 0 Å². The molecule has 4 heteroatoms. The Labute approximate surface area is 395 Å². The van der Waals surface area contributed by atoms with Crippen molar-refractivity contribution in [3.05, 3.63) is 221 Å². The molecule has 63 heavy (non-hydrogen) atoms. The molecule has 5 aromatic carbocycles. The maximum absolute atomic E-state index is 9.95. The van der Waals surface area contributed by atoms with Gasteiger partial charge < -0.3 is 15.0 Å². The van der Waals surface area contributed by atoms with E-state index in [1.807, 2.05) is 128 Å². The SMILES string of the molecule is [2H]C([2H])(c1cc(CC(C)(C)c2ccc(-c3[c-]cccc3)nc2)cc(CC(C)(C)c2ccc(-c3[c-]cccc3)nc2)c1)C([2H])([2H])c1cnc(-c2[c-]cccc2)cc1-c1cccc(CC(C)C)c1.[Ir+3]. The Kier molecular flexibility index (Phi) is 12.8. The average Bonchev–Trinajstić information content (AvgIpc) is 3.31. The standard InChI is InChI=1S/C59H56N3.Ir/c1-42(2)31-43-17-16-24-50(35-43)54-36-57(49-22-14-9-15-23-49)60-39-51(54)26-25-44-32-45(37-58(3,4)52-27-29-55(61-40-52)47-18-10-7-11-19-47)34-46(33-44)38-59(5,6)53-28-30-56(62-41-53)48-20-12-8-13-21-48;/h7-18,20,22,24,27-30,32-36,39-42H,25-26,31,37-38H2,1-6H3;/q-3;+3/i25D2,26D2;. The molecule has 0 N–H and O–H groups in total. The number of aromatic nitrogens is 3. The van der Waals surface area contributed by atoms with E-state index in [-0.39, 0.29) is 31.2 Å². The van der Waals surface area contributed by atoms with Gasteiger partial charge in [-0.2, -0.15) is 0 Å². The molecule has 0 aliphatic rings. The van der Waals surface area contributed by atoms with Crippen LogP contribution in [-0.4, -0.2) is 15.0 Å². The molecule has 0 aliphatic heterocycles. The quantitative estimate of drug-likeness (QED) is 0.0961. The van der Waals surface area contributed by atoms with Crippen LogP contribution in [0.3, 0.4) is 0 Å². The topological polar surface area (TPSA) is 38.7 Å². The summed E-state index contributed by atoms with van der Waals surface area (Å²) in [4.78, 5) is 14.4. The molecule has 0 spiro atoms. The van der Waals surface area contributed by atoms with Gasteiger partial charge >= 0.3 is 20.1 Å². The summed E-state index contributed by atoms with van der Waals surface area (Å²) in [6.45, 7) is 13.1. The van der Waals surface area contributed by atoms with E-state index < -0.39 is 23.6 Å². The van der Waals surface area contributed by atoms with Gasteiger partial charge in [0.15, 0.2) is 0 Å².